The van der Waals surface area contributed by atoms with Crippen LogP contribution in [0.5, 0.6) is 0 Å². The molecule has 3 N–H and O–H groups in total. The molecule has 3 rings (SSSR count). The Morgan fingerprint density at radius 2 is 1.86 bits per heavy atom. The number of nitrogens with two attached hydrogens (primary N) is 1. The van der Waals surface area contributed by atoms with Gasteiger partial charge in [-0.05, 0) is 39.0 Å². The summed E-state index contributed by atoms with van der Waals surface area (Å²) in [6.07, 6.45) is 10.0. The lowest BCUT2D eigenvalue weighted by molar-refractivity contribution is -0.177. The van der Waals surface area contributed by atoms with Crippen LogP contribution < -0.4 is 11.1 Å². The van der Waals surface area contributed by atoms with Crippen molar-refractivity contribution in [3.05, 3.63) is 0 Å². The third kappa shape index (κ3) is 2.82. The topological polar surface area (TPSA) is 64.3 Å². The summed E-state index contributed by atoms with van der Waals surface area (Å²) in [7, 11) is 0. The van der Waals surface area contributed by atoms with E-state index in [1.165, 1.54) is 25.7 Å². The van der Waals surface area contributed by atoms with Crippen LogP contribution in [-0.2, 0) is 9.53 Å². The van der Waals surface area contributed by atoms with Crippen molar-refractivity contribution in [3.63, 3.8) is 0 Å². The number of nitrogens with one attached hydrogen (secondary N) is 1. The van der Waals surface area contributed by atoms with E-state index in [1.54, 1.807) is 0 Å². The third-order valence-corrected chi connectivity index (χ3v) is 5.94. The van der Waals surface area contributed by atoms with Crippen molar-refractivity contribution in [1.82, 2.24) is 5.32 Å². The normalized spacial score (nSPS) is 32.5. The van der Waals surface area contributed by atoms with Crippen molar-refractivity contribution in [2.24, 2.45) is 11.1 Å². The molecule has 0 aromatic carbocycles. The molecule has 0 aromatic heterocycles. The van der Waals surface area contributed by atoms with E-state index >= 15 is 0 Å². The smallest absolute Gasteiger partial charge is 0.240 e. The zero-order valence-corrected chi connectivity index (χ0v) is 13.8. The van der Waals surface area contributed by atoms with Gasteiger partial charge < -0.3 is 15.8 Å². The van der Waals surface area contributed by atoms with Gasteiger partial charge in [-0.1, -0.05) is 25.7 Å². The predicted octanol–water partition coefficient (Wildman–Crippen LogP) is 2.53. The maximum absolute atomic E-state index is 12.5. The summed E-state index contributed by atoms with van der Waals surface area (Å²) in [4.78, 5) is 12.5. The fourth-order valence-electron chi connectivity index (χ4n) is 4.35. The molecule has 3 fully saturated rings. The second kappa shape index (κ2) is 6.43. The van der Waals surface area contributed by atoms with Gasteiger partial charge in [-0.3, -0.25) is 4.79 Å². The summed E-state index contributed by atoms with van der Waals surface area (Å²) in [5.74, 6) is 0.0865. The van der Waals surface area contributed by atoms with Crippen molar-refractivity contribution in [3.8, 4) is 0 Å². The maximum Gasteiger partial charge on any atom is 0.240 e. The van der Waals surface area contributed by atoms with Crippen molar-refractivity contribution in [2.45, 2.75) is 82.4 Å². The largest absolute Gasteiger partial charge is 0.378 e. The lowest BCUT2D eigenvalue weighted by Gasteiger charge is -2.61. The van der Waals surface area contributed by atoms with Gasteiger partial charge in [0.25, 0.3) is 0 Å². The molecule has 2 atom stereocenters. The van der Waals surface area contributed by atoms with Crippen LogP contribution in [-0.4, -0.2) is 30.2 Å². The molecule has 5 heteroatoms. The summed E-state index contributed by atoms with van der Waals surface area (Å²) in [5, 5.41) is 3.26. The highest BCUT2D eigenvalue weighted by Crippen LogP contribution is 2.57. The zero-order valence-electron chi connectivity index (χ0n) is 13.0. The molecule has 0 heterocycles. The lowest BCUT2D eigenvalue weighted by atomic mass is 9.51. The lowest BCUT2D eigenvalue weighted by Crippen LogP contribution is -2.70. The van der Waals surface area contributed by atoms with E-state index in [0.717, 1.165) is 38.7 Å². The monoisotopic (exact) mass is 316 g/mol. The summed E-state index contributed by atoms with van der Waals surface area (Å²) >= 11 is 0. The van der Waals surface area contributed by atoms with E-state index in [9.17, 15) is 4.79 Å². The van der Waals surface area contributed by atoms with Crippen molar-refractivity contribution in [2.75, 3.05) is 6.61 Å². The molecule has 2 unspecified atom stereocenters. The van der Waals surface area contributed by atoms with E-state index in [0.29, 0.717) is 12.1 Å². The molecule has 0 radical (unpaired) electrons. The Kier molecular flexibility index (Phi) is 5.22. The van der Waals surface area contributed by atoms with Crippen LogP contribution in [0.1, 0.15) is 64.7 Å². The first-order chi connectivity index (χ1) is 9.61. The Morgan fingerprint density at radius 1 is 1.19 bits per heavy atom. The molecule has 0 aromatic rings. The van der Waals surface area contributed by atoms with Gasteiger partial charge in [0.2, 0.25) is 5.91 Å². The average molecular weight is 317 g/mol. The van der Waals surface area contributed by atoms with Gasteiger partial charge in [0, 0.05) is 18.1 Å². The first kappa shape index (κ1) is 17.0. The molecule has 1 amide bonds. The molecule has 4 nitrogen and oxygen atoms in total. The first-order valence-electron chi connectivity index (χ1n) is 8.32. The number of carbonyl (C=O) groups excluding carboxylic acids is 1. The molecular formula is C16H29ClN2O2. The summed E-state index contributed by atoms with van der Waals surface area (Å²) in [6.45, 7) is 2.82. The predicted molar refractivity (Wildman–Crippen MR) is 85.5 cm³/mol. The number of carbonyl (C=O) groups is 1. The van der Waals surface area contributed by atoms with Gasteiger partial charge in [-0.25, -0.2) is 0 Å². The zero-order chi connectivity index (χ0) is 14.2. The summed E-state index contributed by atoms with van der Waals surface area (Å²) in [6, 6.07) is 0.294. The Hall–Kier alpha value is -0.320. The van der Waals surface area contributed by atoms with Crippen LogP contribution in [0, 0.1) is 5.41 Å². The van der Waals surface area contributed by atoms with E-state index in [4.69, 9.17) is 10.5 Å². The number of halogens is 1. The van der Waals surface area contributed by atoms with Gasteiger partial charge >= 0.3 is 0 Å². The second-order valence-electron chi connectivity index (χ2n) is 7.01. The van der Waals surface area contributed by atoms with E-state index in [2.05, 4.69) is 12.2 Å². The minimum atomic E-state index is -0.611. The van der Waals surface area contributed by atoms with Crippen molar-refractivity contribution in [1.29, 1.82) is 0 Å². The van der Waals surface area contributed by atoms with E-state index in [-0.39, 0.29) is 23.7 Å². The second-order valence-corrected chi connectivity index (χ2v) is 7.01. The van der Waals surface area contributed by atoms with Gasteiger partial charge in [0.15, 0.2) is 0 Å². The minimum absolute atomic E-state index is 0. The molecule has 0 aliphatic heterocycles. The molecule has 3 aliphatic rings. The Labute approximate surface area is 134 Å². The molecule has 0 saturated heterocycles. The third-order valence-electron chi connectivity index (χ3n) is 5.94. The molecular weight excluding hydrogens is 288 g/mol. The van der Waals surface area contributed by atoms with E-state index < -0.39 is 5.54 Å². The Morgan fingerprint density at radius 3 is 2.38 bits per heavy atom. The Balaban J connectivity index is 0.00000161. The Bertz CT molecular complexity index is 378. The standard InChI is InChI=1S/C16H28N2O2.ClH/c1-2-20-13-11-12(15(13)7-6-8-15)18-14(19)16(17)9-4-3-5-10-16;/h12-13H,2-11,17H2,1H3,(H,18,19);1H. The number of ether oxygens (including phenoxy) is 1. The fourth-order valence-corrected chi connectivity index (χ4v) is 4.35. The van der Waals surface area contributed by atoms with E-state index in [1.807, 2.05) is 0 Å². The van der Waals surface area contributed by atoms with Crippen molar-refractivity contribution < 1.29 is 9.53 Å². The highest BCUT2D eigenvalue weighted by molar-refractivity contribution is 5.86. The van der Waals surface area contributed by atoms with Gasteiger partial charge in [0.1, 0.15) is 0 Å². The molecule has 21 heavy (non-hydrogen) atoms. The van der Waals surface area contributed by atoms with Crippen LogP contribution >= 0.6 is 12.4 Å². The van der Waals surface area contributed by atoms with Gasteiger partial charge in [-0.15, -0.1) is 12.4 Å². The van der Waals surface area contributed by atoms with Gasteiger partial charge in [0.05, 0.1) is 11.6 Å². The number of rotatable bonds is 4. The number of hydrogen-bond donors (Lipinski definition) is 2. The average Bonchev–Trinajstić information content (AvgIpc) is 2.36. The van der Waals surface area contributed by atoms with Crippen LogP contribution in [0.2, 0.25) is 0 Å². The highest BCUT2D eigenvalue weighted by Gasteiger charge is 2.59. The van der Waals surface area contributed by atoms with Crippen LogP contribution in [0.25, 0.3) is 0 Å². The molecule has 0 bridgehead atoms. The first-order valence-corrected chi connectivity index (χ1v) is 8.32. The minimum Gasteiger partial charge on any atom is -0.378 e. The molecule has 3 aliphatic carbocycles. The fraction of sp³-hybridized carbons (Fsp3) is 0.938. The van der Waals surface area contributed by atoms with Crippen molar-refractivity contribution >= 4 is 18.3 Å². The highest BCUT2D eigenvalue weighted by atomic mass is 35.5. The summed E-state index contributed by atoms with van der Waals surface area (Å²) in [5.41, 5.74) is 5.95. The van der Waals surface area contributed by atoms with Crippen LogP contribution in [0.4, 0.5) is 0 Å². The number of hydrogen-bond acceptors (Lipinski definition) is 3. The number of amides is 1. The molecule has 3 saturated carbocycles. The van der Waals surface area contributed by atoms with Crippen LogP contribution in [0.3, 0.4) is 0 Å². The quantitative estimate of drug-likeness (QED) is 0.837. The maximum atomic E-state index is 12.5. The molecule has 122 valence electrons. The molecule has 1 spiro atoms. The van der Waals surface area contributed by atoms with Gasteiger partial charge in [-0.2, -0.15) is 0 Å². The SMILES string of the molecule is CCOC1CC(NC(=O)C2(N)CCCCC2)C12CCC2.Cl. The van der Waals surface area contributed by atoms with Crippen LogP contribution in [0.15, 0.2) is 0 Å². The summed E-state index contributed by atoms with van der Waals surface area (Å²) < 4.78 is 5.84.